The number of nitrogens with one attached hydrogen (secondary N) is 2. The van der Waals surface area contributed by atoms with Crippen LogP contribution in [0.1, 0.15) is 50.2 Å². The van der Waals surface area contributed by atoms with Crippen LogP contribution in [0.15, 0.2) is 48.5 Å². The Labute approximate surface area is 206 Å². The van der Waals surface area contributed by atoms with Crippen LogP contribution in [0.5, 0.6) is 0 Å². The molecular weight excluding hydrogens is 446 g/mol. The number of fused-ring (bicyclic) bond motifs is 3. The number of alkyl carbamates (subject to hydrolysis) is 1. The summed E-state index contributed by atoms with van der Waals surface area (Å²) < 4.78 is 5.53. The zero-order chi connectivity index (χ0) is 25.4. The van der Waals surface area contributed by atoms with Crippen molar-refractivity contribution < 1.29 is 24.2 Å². The van der Waals surface area contributed by atoms with E-state index in [-0.39, 0.29) is 25.4 Å². The summed E-state index contributed by atoms with van der Waals surface area (Å²) >= 11 is 0. The van der Waals surface area contributed by atoms with E-state index in [0.29, 0.717) is 19.1 Å². The maximum atomic E-state index is 12.7. The largest absolute Gasteiger partial charge is 0.481 e. The highest BCUT2D eigenvalue weighted by Gasteiger charge is 2.30. The Morgan fingerprint density at radius 1 is 1.06 bits per heavy atom. The van der Waals surface area contributed by atoms with Crippen molar-refractivity contribution in [3.05, 3.63) is 59.7 Å². The summed E-state index contributed by atoms with van der Waals surface area (Å²) in [6, 6.07) is 15.4. The van der Waals surface area contributed by atoms with Gasteiger partial charge in [0.1, 0.15) is 12.6 Å². The number of hydrogen-bond donors (Lipinski definition) is 3. The topological polar surface area (TPSA) is 108 Å². The van der Waals surface area contributed by atoms with E-state index in [4.69, 9.17) is 9.84 Å². The van der Waals surface area contributed by atoms with Gasteiger partial charge in [-0.1, -0.05) is 55.5 Å². The summed E-state index contributed by atoms with van der Waals surface area (Å²) in [7, 11) is 1.98. The third-order valence-corrected chi connectivity index (χ3v) is 6.71. The van der Waals surface area contributed by atoms with Crippen molar-refractivity contribution in [2.24, 2.45) is 0 Å². The minimum Gasteiger partial charge on any atom is -0.481 e. The third-order valence-electron chi connectivity index (χ3n) is 6.71. The number of carboxylic acid groups (broad SMARTS) is 1. The van der Waals surface area contributed by atoms with E-state index in [1.807, 2.05) is 43.4 Å². The Bertz CT molecular complexity index is 995. The summed E-state index contributed by atoms with van der Waals surface area (Å²) in [4.78, 5) is 38.5. The van der Waals surface area contributed by atoms with Crippen molar-refractivity contribution >= 4 is 18.0 Å². The maximum absolute atomic E-state index is 12.7. The summed E-state index contributed by atoms with van der Waals surface area (Å²) in [6.45, 7) is 5.37. The normalized spacial score (nSPS) is 14.1. The molecule has 35 heavy (non-hydrogen) atoms. The second-order valence-corrected chi connectivity index (χ2v) is 8.98. The number of nitrogens with zero attached hydrogens (tertiary/aromatic N) is 1. The lowest BCUT2D eigenvalue weighted by atomic mass is 9.98. The average molecular weight is 482 g/mol. The number of carbonyl (C=O) groups excluding carboxylic acids is 2. The van der Waals surface area contributed by atoms with Gasteiger partial charge in [0.05, 0.1) is 0 Å². The number of ether oxygens (including phenoxy) is 1. The van der Waals surface area contributed by atoms with Crippen LogP contribution in [0.2, 0.25) is 0 Å². The van der Waals surface area contributed by atoms with Gasteiger partial charge in [-0.25, -0.2) is 4.79 Å². The number of likely N-dealkylation sites (N-methyl/N-ethyl adjacent to an activating group) is 1. The zero-order valence-electron chi connectivity index (χ0n) is 20.6. The first-order valence-corrected chi connectivity index (χ1v) is 12.1. The predicted molar refractivity (Wildman–Crippen MR) is 134 cm³/mol. The van der Waals surface area contributed by atoms with Crippen molar-refractivity contribution in [1.82, 2.24) is 15.5 Å². The van der Waals surface area contributed by atoms with Crippen LogP contribution >= 0.6 is 0 Å². The van der Waals surface area contributed by atoms with E-state index in [2.05, 4.69) is 41.5 Å². The molecule has 0 saturated heterocycles. The van der Waals surface area contributed by atoms with Gasteiger partial charge in [0.15, 0.2) is 0 Å². The molecule has 8 nitrogen and oxygen atoms in total. The Morgan fingerprint density at radius 3 is 2.23 bits per heavy atom. The molecule has 2 unspecified atom stereocenters. The van der Waals surface area contributed by atoms with E-state index < -0.39 is 24.0 Å². The van der Waals surface area contributed by atoms with Gasteiger partial charge >= 0.3 is 12.1 Å². The molecule has 1 aliphatic carbocycles. The van der Waals surface area contributed by atoms with Crippen LogP contribution in [0.3, 0.4) is 0 Å². The van der Waals surface area contributed by atoms with Gasteiger partial charge in [0.2, 0.25) is 5.91 Å². The van der Waals surface area contributed by atoms with Crippen LogP contribution < -0.4 is 10.6 Å². The number of rotatable bonds is 12. The van der Waals surface area contributed by atoms with Crippen LogP contribution in [0.25, 0.3) is 11.1 Å². The molecule has 0 aliphatic heterocycles. The molecular formula is C27H35N3O5. The number of hydrogen-bond acceptors (Lipinski definition) is 5. The minimum absolute atomic E-state index is 0.0213. The first-order chi connectivity index (χ1) is 16.8. The number of amides is 2. The number of carboxylic acids is 1. The SMILES string of the molecule is CCC(C)N(C)CCNC(=O)C(CCC(=O)O)NC(=O)OCC1c2ccccc2-c2ccccc21. The van der Waals surface area contributed by atoms with E-state index in [0.717, 1.165) is 28.7 Å². The van der Waals surface area contributed by atoms with Gasteiger partial charge in [-0.05, 0) is 49.1 Å². The highest BCUT2D eigenvalue weighted by atomic mass is 16.5. The van der Waals surface area contributed by atoms with Gasteiger partial charge in [0.25, 0.3) is 0 Å². The Hall–Kier alpha value is -3.39. The Kier molecular flexibility index (Phi) is 9.25. The van der Waals surface area contributed by atoms with Crippen LogP contribution in [0.4, 0.5) is 4.79 Å². The maximum Gasteiger partial charge on any atom is 0.407 e. The molecule has 0 radical (unpaired) electrons. The standard InChI is InChI=1S/C27H35N3O5/c1-4-18(2)30(3)16-15-28-26(33)24(13-14-25(31)32)29-27(34)35-17-23-21-11-7-5-9-19(21)20-10-6-8-12-22(20)23/h5-12,18,23-24H,4,13-17H2,1-3H3,(H,28,33)(H,29,34)(H,31,32). The molecule has 2 aromatic rings. The summed E-state index contributed by atoms with van der Waals surface area (Å²) in [5, 5.41) is 14.4. The second kappa shape index (κ2) is 12.4. The third kappa shape index (κ3) is 6.82. The van der Waals surface area contributed by atoms with Crippen LogP contribution in [-0.2, 0) is 14.3 Å². The number of carbonyl (C=O) groups is 3. The molecule has 0 aromatic heterocycles. The highest BCUT2D eigenvalue weighted by Crippen LogP contribution is 2.44. The Morgan fingerprint density at radius 2 is 1.66 bits per heavy atom. The van der Waals surface area contributed by atoms with E-state index in [1.165, 1.54) is 0 Å². The zero-order valence-corrected chi connectivity index (χ0v) is 20.6. The Balaban J connectivity index is 1.58. The van der Waals surface area contributed by atoms with Gasteiger partial charge in [-0.15, -0.1) is 0 Å². The lowest BCUT2D eigenvalue weighted by Gasteiger charge is -2.24. The summed E-state index contributed by atoms with van der Waals surface area (Å²) in [6.07, 6.45) is -0.00931. The van der Waals surface area contributed by atoms with Crippen molar-refractivity contribution in [1.29, 1.82) is 0 Å². The summed E-state index contributed by atoms with van der Waals surface area (Å²) in [5.74, 6) is -1.55. The molecule has 0 spiro atoms. The smallest absolute Gasteiger partial charge is 0.407 e. The monoisotopic (exact) mass is 481 g/mol. The molecule has 0 heterocycles. The summed E-state index contributed by atoms with van der Waals surface area (Å²) in [5.41, 5.74) is 4.43. The minimum atomic E-state index is -1.03. The molecule has 0 bridgehead atoms. The fourth-order valence-electron chi connectivity index (χ4n) is 4.33. The lowest BCUT2D eigenvalue weighted by molar-refractivity contribution is -0.137. The lowest BCUT2D eigenvalue weighted by Crippen LogP contribution is -2.49. The van der Waals surface area contributed by atoms with Crippen molar-refractivity contribution in [2.45, 2.75) is 51.1 Å². The van der Waals surface area contributed by atoms with Gasteiger partial charge in [-0.3, -0.25) is 9.59 Å². The highest BCUT2D eigenvalue weighted by molar-refractivity contribution is 5.86. The number of benzene rings is 2. The average Bonchev–Trinajstić information content (AvgIpc) is 3.18. The van der Waals surface area contributed by atoms with Crippen LogP contribution in [-0.4, -0.2) is 66.8 Å². The van der Waals surface area contributed by atoms with Gasteiger partial charge < -0.3 is 25.4 Å². The molecule has 2 amide bonds. The number of aliphatic carboxylic acids is 1. The molecule has 3 N–H and O–H groups in total. The van der Waals surface area contributed by atoms with Crippen molar-refractivity contribution in [3.8, 4) is 11.1 Å². The van der Waals surface area contributed by atoms with Crippen molar-refractivity contribution in [2.75, 3.05) is 26.7 Å². The molecule has 0 saturated carbocycles. The first kappa shape index (κ1) is 26.2. The molecule has 0 fully saturated rings. The van der Waals surface area contributed by atoms with Crippen molar-refractivity contribution in [3.63, 3.8) is 0 Å². The van der Waals surface area contributed by atoms with Crippen LogP contribution in [0, 0.1) is 0 Å². The molecule has 2 aromatic carbocycles. The fourth-order valence-corrected chi connectivity index (χ4v) is 4.33. The molecule has 2 atom stereocenters. The first-order valence-electron chi connectivity index (χ1n) is 12.1. The molecule has 1 aliphatic rings. The van der Waals surface area contributed by atoms with E-state index >= 15 is 0 Å². The molecule has 8 heteroatoms. The fraction of sp³-hybridized carbons (Fsp3) is 0.444. The van der Waals surface area contributed by atoms with Gasteiger partial charge in [-0.2, -0.15) is 0 Å². The van der Waals surface area contributed by atoms with Gasteiger partial charge in [0, 0.05) is 31.5 Å². The van der Waals surface area contributed by atoms with E-state index in [1.54, 1.807) is 0 Å². The molecule has 188 valence electrons. The molecule has 3 rings (SSSR count). The predicted octanol–water partition coefficient (Wildman–Crippen LogP) is 3.61. The van der Waals surface area contributed by atoms with E-state index in [9.17, 15) is 14.4 Å². The quantitative estimate of drug-likeness (QED) is 0.428. The second-order valence-electron chi connectivity index (χ2n) is 8.98.